The smallest absolute Gasteiger partial charge is 0.228 e. The quantitative estimate of drug-likeness (QED) is 0.831. The van der Waals surface area contributed by atoms with E-state index < -0.39 is 0 Å². The van der Waals surface area contributed by atoms with Gasteiger partial charge in [0.15, 0.2) is 0 Å². The lowest BCUT2D eigenvalue weighted by Crippen LogP contribution is -2.38. The number of amides is 1. The molecule has 0 radical (unpaired) electrons. The fourth-order valence-electron chi connectivity index (χ4n) is 2.06. The van der Waals surface area contributed by atoms with Gasteiger partial charge in [-0.25, -0.2) is 0 Å². The van der Waals surface area contributed by atoms with Crippen LogP contribution in [0.15, 0.2) is 24.3 Å². The number of fused-ring (bicyclic) bond motifs is 1. The third-order valence-electron chi connectivity index (χ3n) is 3.07. The van der Waals surface area contributed by atoms with E-state index in [4.69, 9.17) is 4.84 Å². The Morgan fingerprint density at radius 2 is 2.17 bits per heavy atom. The molecule has 0 spiro atoms. The van der Waals surface area contributed by atoms with Crippen molar-refractivity contribution in [1.82, 2.24) is 5.48 Å². The fraction of sp³-hybridized carbons (Fsp3) is 0.500. The molecule has 0 saturated heterocycles. The molecule has 0 saturated carbocycles. The van der Waals surface area contributed by atoms with Crippen molar-refractivity contribution in [3.63, 3.8) is 0 Å². The number of hydrogen-bond donors (Lipinski definition) is 1. The van der Waals surface area contributed by atoms with Crippen molar-refractivity contribution in [2.45, 2.75) is 26.3 Å². The molecule has 1 N–H and O–H groups in total. The minimum atomic E-state index is -0.0522. The van der Waals surface area contributed by atoms with Crippen LogP contribution in [-0.4, -0.2) is 19.6 Å². The molecule has 1 heterocycles. The lowest BCUT2D eigenvalue weighted by Gasteiger charge is -2.31. The number of benzene rings is 1. The van der Waals surface area contributed by atoms with E-state index >= 15 is 0 Å². The zero-order chi connectivity index (χ0) is 13.1. The highest BCUT2D eigenvalue weighted by Crippen LogP contribution is 2.33. The first-order chi connectivity index (χ1) is 8.59. The van der Waals surface area contributed by atoms with Gasteiger partial charge in [-0.1, -0.05) is 32.0 Å². The predicted molar refractivity (Wildman–Crippen MR) is 71.1 cm³/mol. The summed E-state index contributed by atoms with van der Waals surface area (Å²) in [5.74, 6) is 0.578. The molecule has 1 amide bonds. The number of rotatable bonds is 4. The van der Waals surface area contributed by atoms with Crippen LogP contribution in [-0.2, 0) is 9.63 Å². The molecule has 98 valence electrons. The predicted octanol–water partition coefficient (Wildman–Crippen LogP) is 2.27. The molecule has 1 aliphatic heterocycles. The van der Waals surface area contributed by atoms with Crippen LogP contribution < -0.4 is 10.4 Å². The molecule has 1 unspecified atom stereocenters. The van der Waals surface area contributed by atoms with E-state index in [1.165, 1.54) is 0 Å². The molecule has 0 bridgehead atoms. The number of nitrogens with zero attached hydrogens (tertiary/aromatic N) is 1. The Kier molecular flexibility index (Phi) is 3.99. The Labute approximate surface area is 108 Å². The van der Waals surface area contributed by atoms with Crippen LogP contribution in [0, 0.1) is 5.92 Å². The summed E-state index contributed by atoms with van der Waals surface area (Å²) in [4.78, 5) is 19.1. The average Bonchev–Trinajstić information content (AvgIpc) is 2.35. The van der Waals surface area contributed by atoms with Gasteiger partial charge in [-0.05, 0) is 17.5 Å². The minimum absolute atomic E-state index is 0.0522. The van der Waals surface area contributed by atoms with E-state index in [1.54, 1.807) is 4.90 Å². The molecule has 4 nitrogen and oxygen atoms in total. The van der Waals surface area contributed by atoms with Crippen molar-refractivity contribution in [2.24, 2.45) is 5.92 Å². The molecule has 2 rings (SSSR count). The van der Waals surface area contributed by atoms with E-state index in [0.29, 0.717) is 18.9 Å². The maximum atomic E-state index is 11.9. The molecule has 1 aliphatic rings. The molecular formula is C14H20N2O2. The Morgan fingerprint density at radius 1 is 1.44 bits per heavy atom. The monoisotopic (exact) mass is 248 g/mol. The lowest BCUT2D eigenvalue weighted by atomic mass is 9.97. The second kappa shape index (κ2) is 5.50. The lowest BCUT2D eigenvalue weighted by molar-refractivity contribution is -0.120. The summed E-state index contributed by atoms with van der Waals surface area (Å²) in [5, 5.41) is 0. The first kappa shape index (κ1) is 13.1. The van der Waals surface area contributed by atoms with Gasteiger partial charge in [-0.15, -0.1) is 0 Å². The van der Waals surface area contributed by atoms with Gasteiger partial charge >= 0.3 is 0 Å². The molecular weight excluding hydrogens is 228 g/mol. The van der Waals surface area contributed by atoms with Gasteiger partial charge in [0.05, 0.1) is 12.6 Å². The third kappa shape index (κ3) is 2.71. The van der Waals surface area contributed by atoms with Crippen molar-refractivity contribution in [3.8, 4) is 0 Å². The summed E-state index contributed by atoms with van der Waals surface area (Å²) in [6, 6.07) is 7.88. The molecule has 18 heavy (non-hydrogen) atoms. The van der Waals surface area contributed by atoms with Gasteiger partial charge in [0.2, 0.25) is 5.91 Å². The summed E-state index contributed by atoms with van der Waals surface area (Å²) in [6.07, 6.45) is 0.436. The van der Waals surface area contributed by atoms with Gasteiger partial charge in [0, 0.05) is 19.2 Å². The normalized spacial score (nSPS) is 19.2. The van der Waals surface area contributed by atoms with E-state index in [0.717, 1.165) is 11.3 Å². The van der Waals surface area contributed by atoms with Crippen molar-refractivity contribution in [2.75, 3.05) is 18.6 Å². The van der Waals surface area contributed by atoms with Crippen molar-refractivity contribution >= 4 is 11.6 Å². The Hall–Kier alpha value is -1.39. The highest BCUT2D eigenvalue weighted by Gasteiger charge is 2.28. The molecule has 0 fully saturated rings. The summed E-state index contributed by atoms with van der Waals surface area (Å²) in [5.41, 5.74) is 5.08. The third-order valence-corrected chi connectivity index (χ3v) is 3.07. The fourth-order valence-corrected chi connectivity index (χ4v) is 2.06. The second-order valence-electron chi connectivity index (χ2n) is 5.09. The maximum Gasteiger partial charge on any atom is 0.228 e. The van der Waals surface area contributed by atoms with Crippen molar-refractivity contribution in [1.29, 1.82) is 0 Å². The average molecular weight is 248 g/mol. The summed E-state index contributed by atoms with van der Waals surface area (Å²) >= 11 is 0. The number of anilines is 1. The second-order valence-corrected chi connectivity index (χ2v) is 5.09. The molecule has 1 aromatic carbocycles. The molecule has 1 aromatic rings. The summed E-state index contributed by atoms with van der Waals surface area (Å²) in [7, 11) is 1.81. The largest absolute Gasteiger partial charge is 0.315 e. The molecule has 0 aromatic heterocycles. The van der Waals surface area contributed by atoms with Crippen LogP contribution in [0.1, 0.15) is 31.9 Å². The van der Waals surface area contributed by atoms with E-state index in [1.807, 2.05) is 31.3 Å². The van der Waals surface area contributed by atoms with Gasteiger partial charge < -0.3 is 9.74 Å². The van der Waals surface area contributed by atoms with Gasteiger partial charge in [0.25, 0.3) is 0 Å². The first-order valence-electron chi connectivity index (χ1n) is 6.32. The van der Waals surface area contributed by atoms with Crippen LogP contribution in [0.3, 0.4) is 0 Å². The summed E-state index contributed by atoms with van der Waals surface area (Å²) in [6.45, 7) is 4.83. The Morgan fingerprint density at radius 3 is 2.89 bits per heavy atom. The van der Waals surface area contributed by atoms with E-state index in [-0.39, 0.29) is 11.9 Å². The highest BCUT2D eigenvalue weighted by atomic mass is 16.6. The topological polar surface area (TPSA) is 41.6 Å². The Balaban J connectivity index is 2.12. The number of hydroxylamine groups is 1. The van der Waals surface area contributed by atoms with Crippen LogP contribution in [0.25, 0.3) is 0 Å². The SMILES string of the molecule is CC(C)CONC1CC(=O)N(C)c2ccccc21. The molecule has 1 atom stereocenters. The number of hydrogen-bond acceptors (Lipinski definition) is 3. The number of carbonyl (C=O) groups excluding carboxylic acids is 1. The standard InChI is InChI=1S/C14H20N2O2/c1-10(2)9-18-15-12-8-14(17)16(3)13-7-5-4-6-11(12)13/h4-7,10,12,15H,8-9H2,1-3H3. The van der Waals surface area contributed by atoms with Crippen molar-refractivity contribution in [3.05, 3.63) is 29.8 Å². The van der Waals surface area contributed by atoms with Gasteiger partial charge in [-0.3, -0.25) is 4.79 Å². The summed E-state index contributed by atoms with van der Waals surface area (Å²) < 4.78 is 0. The first-order valence-corrected chi connectivity index (χ1v) is 6.32. The Bertz CT molecular complexity index is 432. The van der Waals surface area contributed by atoms with Crippen LogP contribution >= 0.6 is 0 Å². The number of para-hydroxylation sites is 1. The van der Waals surface area contributed by atoms with Crippen LogP contribution in [0.2, 0.25) is 0 Å². The highest BCUT2D eigenvalue weighted by molar-refractivity contribution is 5.96. The van der Waals surface area contributed by atoms with Gasteiger partial charge in [0.1, 0.15) is 0 Å². The maximum absolute atomic E-state index is 11.9. The zero-order valence-electron chi connectivity index (χ0n) is 11.1. The number of carbonyl (C=O) groups is 1. The van der Waals surface area contributed by atoms with Crippen LogP contribution in [0.4, 0.5) is 5.69 Å². The minimum Gasteiger partial charge on any atom is -0.315 e. The van der Waals surface area contributed by atoms with Gasteiger partial charge in [-0.2, -0.15) is 5.48 Å². The van der Waals surface area contributed by atoms with E-state index in [9.17, 15) is 4.79 Å². The van der Waals surface area contributed by atoms with Crippen LogP contribution in [0.5, 0.6) is 0 Å². The van der Waals surface area contributed by atoms with E-state index in [2.05, 4.69) is 19.3 Å². The zero-order valence-corrected chi connectivity index (χ0v) is 11.1. The molecule has 4 heteroatoms. The molecule has 0 aliphatic carbocycles. The van der Waals surface area contributed by atoms with Crippen molar-refractivity contribution < 1.29 is 9.63 Å². The number of nitrogens with one attached hydrogen (secondary N) is 1.